The number of carbonyl (C=O) groups excluding carboxylic acids is 2. The van der Waals surface area contributed by atoms with E-state index in [9.17, 15) is 14.0 Å². The van der Waals surface area contributed by atoms with Gasteiger partial charge < -0.3 is 9.64 Å². The summed E-state index contributed by atoms with van der Waals surface area (Å²) < 4.78 is 19.4. The van der Waals surface area contributed by atoms with Crippen LogP contribution in [0.1, 0.15) is 38.7 Å². The van der Waals surface area contributed by atoms with Crippen molar-refractivity contribution >= 4 is 23.1 Å². The second-order valence-electron chi connectivity index (χ2n) is 7.86. The minimum atomic E-state index is -0.410. The molecule has 2 aromatic carbocycles. The quantitative estimate of drug-likeness (QED) is 0.689. The maximum absolute atomic E-state index is 13.6. The first kappa shape index (κ1) is 20.1. The number of para-hydroxylation sites is 2. The summed E-state index contributed by atoms with van der Waals surface area (Å²) in [6.45, 7) is 5.23. The summed E-state index contributed by atoms with van der Waals surface area (Å²) in [5.41, 5.74) is 1.68. The van der Waals surface area contributed by atoms with E-state index in [0.717, 1.165) is 32.4 Å². The molecule has 0 unspecified atom stereocenters. The van der Waals surface area contributed by atoms with Crippen molar-refractivity contribution in [1.82, 2.24) is 4.90 Å². The number of imide groups is 1. The van der Waals surface area contributed by atoms with Crippen molar-refractivity contribution in [3.05, 3.63) is 65.6 Å². The van der Waals surface area contributed by atoms with Gasteiger partial charge in [0.25, 0.3) is 11.8 Å². The Bertz CT molecular complexity index is 992. The summed E-state index contributed by atoms with van der Waals surface area (Å²) >= 11 is 0. The van der Waals surface area contributed by atoms with Gasteiger partial charge in [-0.2, -0.15) is 0 Å². The molecule has 1 fully saturated rings. The first-order chi connectivity index (χ1) is 14.5. The Kier molecular flexibility index (Phi) is 5.57. The third-order valence-electron chi connectivity index (χ3n) is 5.33. The molecule has 4 rings (SSSR count). The van der Waals surface area contributed by atoms with Crippen molar-refractivity contribution in [3.8, 4) is 5.75 Å². The second kappa shape index (κ2) is 8.30. The topological polar surface area (TPSA) is 49.9 Å². The normalized spacial score (nSPS) is 17.3. The zero-order chi connectivity index (χ0) is 21.3. The minimum absolute atomic E-state index is 0.106. The highest BCUT2D eigenvalue weighted by molar-refractivity contribution is 6.45. The van der Waals surface area contributed by atoms with E-state index in [1.807, 2.05) is 24.8 Å². The number of likely N-dealkylation sites (tertiary alicyclic amines) is 1. The van der Waals surface area contributed by atoms with E-state index >= 15 is 0 Å². The molecule has 0 aliphatic carbocycles. The summed E-state index contributed by atoms with van der Waals surface area (Å²) in [6.07, 6.45) is 2.93. The number of hydrogen-bond donors (Lipinski definition) is 0. The van der Waals surface area contributed by atoms with Crippen molar-refractivity contribution in [2.24, 2.45) is 0 Å². The first-order valence-corrected chi connectivity index (χ1v) is 10.4. The fourth-order valence-electron chi connectivity index (χ4n) is 4.02. The van der Waals surface area contributed by atoms with E-state index in [1.54, 1.807) is 30.3 Å². The SMILES string of the molecule is CC(C)Oc1ccccc1N1C(=O)C(c2ccc(F)cc2)=C(N2CCCCC2)C1=O. The standard InChI is InChI=1S/C24H25FN2O3/c1-16(2)30-20-9-5-4-8-19(20)27-23(28)21(17-10-12-18(25)13-11-17)22(24(27)29)26-14-6-3-7-15-26/h4-5,8-13,16H,3,6-7,14-15H2,1-2H3. The largest absolute Gasteiger partial charge is 0.489 e. The van der Waals surface area contributed by atoms with Crippen molar-refractivity contribution in [2.75, 3.05) is 18.0 Å². The van der Waals surface area contributed by atoms with Crippen LogP contribution < -0.4 is 9.64 Å². The maximum atomic E-state index is 13.6. The lowest BCUT2D eigenvalue weighted by atomic mass is 10.0. The predicted octanol–water partition coefficient (Wildman–Crippen LogP) is 4.38. The molecule has 0 bridgehead atoms. The number of ether oxygens (including phenoxy) is 1. The Hall–Kier alpha value is -3.15. The molecule has 6 heteroatoms. The summed E-state index contributed by atoms with van der Waals surface area (Å²) in [4.78, 5) is 30.3. The van der Waals surface area contributed by atoms with E-state index in [2.05, 4.69) is 0 Å². The highest BCUT2D eigenvalue weighted by Gasteiger charge is 2.43. The maximum Gasteiger partial charge on any atom is 0.282 e. The van der Waals surface area contributed by atoms with Gasteiger partial charge in [-0.15, -0.1) is 0 Å². The third kappa shape index (κ3) is 3.70. The minimum Gasteiger partial charge on any atom is -0.489 e. The Morgan fingerprint density at radius 1 is 0.900 bits per heavy atom. The summed E-state index contributed by atoms with van der Waals surface area (Å²) in [5, 5.41) is 0. The zero-order valence-corrected chi connectivity index (χ0v) is 17.2. The van der Waals surface area contributed by atoms with Crippen LogP contribution >= 0.6 is 0 Å². The molecular formula is C24H25FN2O3. The predicted molar refractivity (Wildman–Crippen MR) is 113 cm³/mol. The van der Waals surface area contributed by atoms with E-state index < -0.39 is 5.91 Å². The number of amides is 2. The molecule has 0 radical (unpaired) electrons. The fraction of sp³-hybridized carbons (Fsp3) is 0.333. The van der Waals surface area contributed by atoms with Crippen LogP contribution in [-0.4, -0.2) is 35.9 Å². The van der Waals surface area contributed by atoms with Crippen molar-refractivity contribution in [2.45, 2.75) is 39.2 Å². The number of nitrogens with zero attached hydrogens (tertiary/aromatic N) is 2. The molecular weight excluding hydrogens is 383 g/mol. The summed E-state index contributed by atoms with van der Waals surface area (Å²) in [6, 6.07) is 12.8. The fourth-order valence-corrected chi connectivity index (χ4v) is 4.02. The molecule has 2 aliphatic heterocycles. The van der Waals surface area contributed by atoms with Crippen LogP contribution in [0, 0.1) is 5.82 Å². The molecule has 0 atom stereocenters. The molecule has 0 saturated carbocycles. The van der Waals surface area contributed by atoms with Gasteiger partial charge >= 0.3 is 0 Å². The summed E-state index contributed by atoms with van der Waals surface area (Å²) in [7, 11) is 0. The molecule has 0 aromatic heterocycles. The molecule has 1 saturated heterocycles. The number of hydrogen-bond acceptors (Lipinski definition) is 4. The average Bonchev–Trinajstić information content (AvgIpc) is 2.99. The number of piperidine rings is 1. The Morgan fingerprint density at radius 3 is 2.23 bits per heavy atom. The van der Waals surface area contributed by atoms with Crippen molar-refractivity contribution in [1.29, 1.82) is 0 Å². The molecule has 2 amide bonds. The van der Waals surface area contributed by atoms with Gasteiger partial charge in [-0.1, -0.05) is 24.3 Å². The zero-order valence-electron chi connectivity index (χ0n) is 17.2. The highest BCUT2D eigenvalue weighted by Crippen LogP contribution is 2.39. The lowest BCUT2D eigenvalue weighted by Gasteiger charge is -2.29. The smallest absolute Gasteiger partial charge is 0.282 e. The molecule has 30 heavy (non-hydrogen) atoms. The molecule has 0 spiro atoms. The van der Waals surface area contributed by atoms with Crippen molar-refractivity contribution in [3.63, 3.8) is 0 Å². The molecule has 2 aliphatic rings. The van der Waals surface area contributed by atoms with E-state index in [-0.39, 0.29) is 17.8 Å². The van der Waals surface area contributed by atoms with Gasteiger partial charge in [0.05, 0.1) is 17.4 Å². The Balaban J connectivity index is 1.82. The number of rotatable bonds is 5. The van der Waals surface area contributed by atoms with Gasteiger partial charge in [0.2, 0.25) is 0 Å². The molecule has 5 nitrogen and oxygen atoms in total. The van der Waals surface area contributed by atoms with Crippen LogP contribution in [0.3, 0.4) is 0 Å². The van der Waals surface area contributed by atoms with Gasteiger partial charge in [0.15, 0.2) is 0 Å². The monoisotopic (exact) mass is 408 g/mol. The van der Waals surface area contributed by atoms with Gasteiger partial charge in [0.1, 0.15) is 17.3 Å². The molecule has 156 valence electrons. The third-order valence-corrected chi connectivity index (χ3v) is 5.33. The summed E-state index contributed by atoms with van der Waals surface area (Å²) in [5.74, 6) is -0.677. The number of benzene rings is 2. The van der Waals surface area contributed by atoms with E-state index in [1.165, 1.54) is 17.0 Å². The van der Waals surface area contributed by atoms with Crippen LogP contribution in [0.4, 0.5) is 10.1 Å². The van der Waals surface area contributed by atoms with E-state index in [4.69, 9.17) is 4.74 Å². The first-order valence-electron chi connectivity index (χ1n) is 10.4. The van der Waals surface area contributed by atoms with Crippen LogP contribution in [0.25, 0.3) is 5.57 Å². The number of halogens is 1. The van der Waals surface area contributed by atoms with Gasteiger partial charge in [-0.05, 0) is 62.9 Å². The van der Waals surface area contributed by atoms with Crippen LogP contribution in [-0.2, 0) is 9.59 Å². The molecule has 2 aromatic rings. The van der Waals surface area contributed by atoms with Crippen LogP contribution in [0.15, 0.2) is 54.2 Å². The highest BCUT2D eigenvalue weighted by atomic mass is 19.1. The number of carbonyl (C=O) groups is 2. The van der Waals surface area contributed by atoms with Crippen LogP contribution in [0.5, 0.6) is 5.75 Å². The van der Waals surface area contributed by atoms with Crippen molar-refractivity contribution < 1.29 is 18.7 Å². The molecule has 0 N–H and O–H groups in total. The number of anilines is 1. The Labute approximate surface area is 175 Å². The Morgan fingerprint density at radius 2 is 1.57 bits per heavy atom. The lowest BCUT2D eigenvalue weighted by molar-refractivity contribution is -0.120. The average molecular weight is 408 g/mol. The van der Waals surface area contributed by atoms with Crippen LogP contribution in [0.2, 0.25) is 0 Å². The second-order valence-corrected chi connectivity index (χ2v) is 7.86. The van der Waals surface area contributed by atoms with Gasteiger partial charge in [0, 0.05) is 13.1 Å². The van der Waals surface area contributed by atoms with E-state index in [0.29, 0.717) is 28.3 Å². The molecule has 2 heterocycles. The lowest BCUT2D eigenvalue weighted by Crippen LogP contribution is -2.37. The van der Waals surface area contributed by atoms with Gasteiger partial charge in [-0.25, -0.2) is 9.29 Å². The van der Waals surface area contributed by atoms with Gasteiger partial charge in [-0.3, -0.25) is 9.59 Å².